The molecule has 17 heavy (non-hydrogen) atoms. The number of piperidine rings is 1. The molecule has 0 radical (unpaired) electrons. The first kappa shape index (κ1) is 10.8. The molecule has 90 valence electrons. The molecule has 1 aliphatic carbocycles. The maximum atomic E-state index is 5.09. The van der Waals surface area contributed by atoms with Crippen molar-refractivity contribution in [3.63, 3.8) is 0 Å². The number of ether oxygens (including phenoxy) is 1. The van der Waals surface area contributed by atoms with Crippen LogP contribution in [0.5, 0.6) is 5.88 Å². The lowest BCUT2D eigenvalue weighted by Crippen LogP contribution is -2.37. The van der Waals surface area contributed by atoms with Gasteiger partial charge in [0.2, 0.25) is 5.88 Å². The molecular weight excluding hydrogens is 212 g/mol. The summed E-state index contributed by atoms with van der Waals surface area (Å²) in [6, 6.07) is 4.06. The van der Waals surface area contributed by atoms with Crippen molar-refractivity contribution in [2.45, 2.75) is 12.8 Å². The molecule has 1 aliphatic heterocycles. The summed E-state index contributed by atoms with van der Waals surface area (Å²) in [4.78, 5) is 4.29. The Balaban J connectivity index is 1.85. The van der Waals surface area contributed by atoms with Gasteiger partial charge in [0.15, 0.2) is 0 Å². The fourth-order valence-corrected chi connectivity index (χ4v) is 2.92. The Bertz CT molecular complexity index is 424. The Kier molecular flexibility index (Phi) is 2.85. The van der Waals surface area contributed by atoms with Crippen LogP contribution in [-0.4, -0.2) is 25.2 Å². The molecule has 2 bridgehead atoms. The number of hydrogen-bond acceptors (Lipinski definition) is 3. The van der Waals surface area contributed by atoms with Crippen LogP contribution >= 0.6 is 0 Å². The largest absolute Gasteiger partial charge is 0.481 e. The second-order valence-electron chi connectivity index (χ2n) is 5.01. The van der Waals surface area contributed by atoms with Crippen LogP contribution in [0.25, 0.3) is 5.57 Å². The van der Waals surface area contributed by atoms with Crippen molar-refractivity contribution >= 4 is 5.57 Å². The highest BCUT2D eigenvalue weighted by atomic mass is 16.5. The van der Waals surface area contributed by atoms with E-state index in [1.807, 2.05) is 12.3 Å². The summed E-state index contributed by atoms with van der Waals surface area (Å²) in [6.07, 6.45) is 6.88. The average Bonchev–Trinajstić information content (AvgIpc) is 2.38. The number of fused-ring (bicyclic) bond motifs is 2. The lowest BCUT2D eigenvalue weighted by Gasteiger charge is -2.34. The lowest BCUT2D eigenvalue weighted by atomic mass is 9.78. The second kappa shape index (κ2) is 4.49. The zero-order valence-corrected chi connectivity index (χ0v) is 10.1. The number of aromatic nitrogens is 1. The SMILES string of the molecule is COc1ccc(C2=C[C@@H]3CNC[C@H](C2)C3)cn1. The van der Waals surface area contributed by atoms with E-state index in [1.165, 1.54) is 24.0 Å². The molecule has 2 aliphatic rings. The molecule has 3 heteroatoms. The Morgan fingerprint density at radius 2 is 2.29 bits per heavy atom. The van der Waals surface area contributed by atoms with E-state index in [1.54, 1.807) is 7.11 Å². The molecule has 1 aromatic rings. The fourth-order valence-electron chi connectivity index (χ4n) is 2.92. The molecule has 0 saturated carbocycles. The number of pyridine rings is 1. The van der Waals surface area contributed by atoms with E-state index in [2.05, 4.69) is 22.4 Å². The molecule has 1 aromatic heterocycles. The van der Waals surface area contributed by atoms with Crippen molar-refractivity contribution in [2.24, 2.45) is 11.8 Å². The Morgan fingerprint density at radius 1 is 1.35 bits per heavy atom. The van der Waals surface area contributed by atoms with Crippen LogP contribution in [0.1, 0.15) is 18.4 Å². The molecule has 0 unspecified atom stereocenters. The minimum Gasteiger partial charge on any atom is -0.481 e. The van der Waals surface area contributed by atoms with Gasteiger partial charge < -0.3 is 10.1 Å². The first-order valence-electron chi connectivity index (χ1n) is 6.27. The third-order valence-electron chi connectivity index (χ3n) is 3.74. The summed E-state index contributed by atoms with van der Waals surface area (Å²) < 4.78 is 5.09. The third-order valence-corrected chi connectivity index (χ3v) is 3.74. The highest BCUT2D eigenvalue weighted by Gasteiger charge is 2.26. The van der Waals surface area contributed by atoms with Gasteiger partial charge in [-0.05, 0) is 48.4 Å². The van der Waals surface area contributed by atoms with Gasteiger partial charge in [-0.15, -0.1) is 0 Å². The predicted octanol–water partition coefficient (Wildman–Crippen LogP) is 2.10. The van der Waals surface area contributed by atoms with Crippen molar-refractivity contribution in [1.29, 1.82) is 0 Å². The van der Waals surface area contributed by atoms with Crippen molar-refractivity contribution in [2.75, 3.05) is 20.2 Å². The van der Waals surface area contributed by atoms with E-state index in [-0.39, 0.29) is 0 Å². The molecular formula is C14H18N2O. The standard InChI is InChI=1S/C14H18N2O/c1-17-14-3-2-12(9-16-14)13-5-10-4-11(6-13)8-15-7-10/h2-3,5,9-11,15H,4,6-8H2,1H3/t10-,11+/m1/s1. The molecule has 2 atom stereocenters. The number of rotatable bonds is 2. The fraction of sp³-hybridized carbons (Fsp3) is 0.500. The van der Waals surface area contributed by atoms with Gasteiger partial charge in [0, 0.05) is 18.8 Å². The molecule has 2 heterocycles. The monoisotopic (exact) mass is 230 g/mol. The summed E-state index contributed by atoms with van der Waals surface area (Å²) >= 11 is 0. The van der Waals surface area contributed by atoms with Crippen molar-refractivity contribution in [3.05, 3.63) is 30.0 Å². The number of methoxy groups -OCH3 is 1. The van der Waals surface area contributed by atoms with Crippen LogP contribution in [0.15, 0.2) is 24.4 Å². The molecule has 0 aromatic carbocycles. The highest BCUT2D eigenvalue weighted by molar-refractivity contribution is 5.66. The van der Waals surface area contributed by atoms with Crippen LogP contribution in [0, 0.1) is 11.8 Å². The molecule has 1 N–H and O–H groups in total. The average molecular weight is 230 g/mol. The Hall–Kier alpha value is -1.35. The molecule has 1 fully saturated rings. The summed E-state index contributed by atoms with van der Waals surface area (Å²) in [5.74, 6) is 2.20. The minimum absolute atomic E-state index is 0.687. The van der Waals surface area contributed by atoms with Crippen LogP contribution in [0.2, 0.25) is 0 Å². The van der Waals surface area contributed by atoms with Crippen LogP contribution < -0.4 is 10.1 Å². The third kappa shape index (κ3) is 2.20. The summed E-state index contributed by atoms with van der Waals surface area (Å²) in [5, 5.41) is 3.50. The normalized spacial score (nSPS) is 27.5. The van der Waals surface area contributed by atoms with Crippen LogP contribution in [-0.2, 0) is 0 Å². The number of nitrogens with one attached hydrogen (secondary N) is 1. The minimum atomic E-state index is 0.687. The smallest absolute Gasteiger partial charge is 0.212 e. The van der Waals surface area contributed by atoms with Crippen molar-refractivity contribution in [1.82, 2.24) is 10.3 Å². The van der Waals surface area contributed by atoms with E-state index in [0.717, 1.165) is 19.0 Å². The van der Waals surface area contributed by atoms with Gasteiger partial charge in [-0.25, -0.2) is 4.98 Å². The number of hydrogen-bond donors (Lipinski definition) is 1. The summed E-state index contributed by atoms with van der Waals surface area (Å²) in [7, 11) is 1.65. The summed E-state index contributed by atoms with van der Waals surface area (Å²) in [6.45, 7) is 2.29. The van der Waals surface area contributed by atoms with Crippen molar-refractivity contribution < 1.29 is 4.74 Å². The zero-order chi connectivity index (χ0) is 11.7. The Labute approximate surface area is 102 Å². The molecule has 3 nitrogen and oxygen atoms in total. The van der Waals surface area contributed by atoms with E-state index in [9.17, 15) is 0 Å². The van der Waals surface area contributed by atoms with Gasteiger partial charge in [0.25, 0.3) is 0 Å². The second-order valence-corrected chi connectivity index (χ2v) is 5.01. The number of nitrogens with zero attached hydrogens (tertiary/aromatic N) is 1. The van der Waals surface area contributed by atoms with Gasteiger partial charge in [-0.3, -0.25) is 0 Å². The van der Waals surface area contributed by atoms with Crippen LogP contribution in [0.3, 0.4) is 0 Å². The van der Waals surface area contributed by atoms with E-state index in [4.69, 9.17) is 4.74 Å². The first-order chi connectivity index (χ1) is 8.35. The van der Waals surface area contributed by atoms with E-state index in [0.29, 0.717) is 11.8 Å². The number of allylic oxidation sites excluding steroid dienone is 1. The van der Waals surface area contributed by atoms with E-state index >= 15 is 0 Å². The maximum Gasteiger partial charge on any atom is 0.212 e. The Morgan fingerprint density at radius 3 is 3.00 bits per heavy atom. The maximum absolute atomic E-state index is 5.09. The topological polar surface area (TPSA) is 34.1 Å². The quantitative estimate of drug-likeness (QED) is 0.845. The van der Waals surface area contributed by atoms with Gasteiger partial charge in [0.1, 0.15) is 0 Å². The molecule has 0 amide bonds. The summed E-state index contributed by atoms with van der Waals surface area (Å²) in [5.41, 5.74) is 2.71. The van der Waals surface area contributed by atoms with Crippen molar-refractivity contribution in [3.8, 4) is 5.88 Å². The van der Waals surface area contributed by atoms with Gasteiger partial charge >= 0.3 is 0 Å². The molecule has 3 rings (SSSR count). The molecule has 1 saturated heterocycles. The van der Waals surface area contributed by atoms with Crippen LogP contribution in [0.4, 0.5) is 0 Å². The zero-order valence-electron chi connectivity index (χ0n) is 10.1. The van der Waals surface area contributed by atoms with Gasteiger partial charge in [-0.2, -0.15) is 0 Å². The lowest BCUT2D eigenvalue weighted by molar-refractivity contribution is 0.316. The van der Waals surface area contributed by atoms with Gasteiger partial charge in [-0.1, -0.05) is 6.08 Å². The predicted molar refractivity (Wildman–Crippen MR) is 67.8 cm³/mol. The first-order valence-corrected chi connectivity index (χ1v) is 6.27. The molecule has 0 spiro atoms. The van der Waals surface area contributed by atoms with E-state index < -0.39 is 0 Å². The highest BCUT2D eigenvalue weighted by Crippen LogP contribution is 2.35. The van der Waals surface area contributed by atoms with Gasteiger partial charge in [0.05, 0.1) is 7.11 Å².